The molecule has 6 nitrogen and oxygen atoms in total. The fourth-order valence-electron chi connectivity index (χ4n) is 3.57. The maximum Gasteiger partial charge on any atom is 0.407 e. The summed E-state index contributed by atoms with van der Waals surface area (Å²) in [7, 11) is 0. The standard InChI is InChI=1S/C22H34N2O4/c1-6-27-22(19(25)23-16(2)17-10-8-7-9-11-17)14-12-18(13-15-22)24-20(26)28-21(3,4)5/h7-11,16,18H,6,12-15H2,1-5H3,(H,23,25)(H,24,26). The molecular weight excluding hydrogens is 356 g/mol. The molecule has 1 unspecified atom stereocenters. The molecule has 2 rings (SSSR count). The topological polar surface area (TPSA) is 76.7 Å². The summed E-state index contributed by atoms with van der Waals surface area (Å²) >= 11 is 0. The van der Waals surface area contributed by atoms with Gasteiger partial charge in [-0.05, 0) is 65.9 Å². The predicted octanol–water partition coefficient (Wildman–Crippen LogP) is 4.11. The average molecular weight is 391 g/mol. The largest absolute Gasteiger partial charge is 0.444 e. The Morgan fingerprint density at radius 3 is 2.32 bits per heavy atom. The summed E-state index contributed by atoms with van der Waals surface area (Å²) in [6, 6.07) is 9.78. The zero-order chi connectivity index (χ0) is 20.8. The van der Waals surface area contributed by atoms with Crippen LogP contribution in [0.2, 0.25) is 0 Å². The van der Waals surface area contributed by atoms with Crippen molar-refractivity contribution in [2.75, 3.05) is 6.61 Å². The summed E-state index contributed by atoms with van der Waals surface area (Å²) < 4.78 is 11.3. The van der Waals surface area contributed by atoms with Gasteiger partial charge in [0.25, 0.3) is 5.91 Å². The van der Waals surface area contributed by atoms with Crippen molar-refractivity contribution in [2.45, 2.75) is 83.6 Å². The third-order valence-electron chi connectivity index (χ3n) is 5.00. The van der Waals surface area contributed by atoms with Gasteiger partial charge in [0.1, 0.15) is 11.2 Å². The van der Waals surface area contributed by atoms with Crippen molar-refractivity contribution >= 4 is 12.0 Å². The molecule has 1 atom stereocenters. The van der Waals surface area contributed by atoms with Gasteiger partial charge in [-0.1, -0.05) is 30.3 Å². The second-order valence-corrected chi connectivity index (χ2v) is 8.45. The molecule has 0 spiro atoms. The lowest BCUT2D eigenvalue weighted by molar-refractivity contribution is -0.152. The minimum atomic E-state index is -0.843. The SMILES string of the molecule is CCOC1(C(=O)NC(C)c2ccccc2)CCC(NC(=O)OC(C)(C)C)CC1. The summed E-state index contributed by atoms with van der Waals surface area (Å²) in [5.41, 5.74) is -0.312. The highest BCUT2D eigenvalue weighted by Crippen LogP contribution is 2.33. The lowest BCUT2D eigenvalue weighted by atomic mass is 9.81. The van der Waals surface area contributed by atoms with E-state index >= 15 is 0 Å². The molecule has 6 heteroatoms. The van der Waals surface area contributed by atoms with E-state index < -0.39 is 17.3 Å². The van der Waals surface area contributed by atoms with Crippen molar-refractivity contribution in [3.63, 3.8) is 0 Å². The third-order valence-corrected chi connectivity index (χ3v) is 5.00. The fourth-order valence-corrected chi connectivity index (χ4v) is 3.57. The maximum absolute atomic E-state index is 13.1. The first-order valence-electron chi connectivity index (χ1n) is 10.1. The number of hydrogen-bond acceptors (Lipinski definition) is 4. The number of alkyl carbamates (subject to hydrolysis) is 1. The minimum Gasteiger partial charge on any atom is -0.444 e. The average Bonchev–Trinajstić information content (AvgIpc) is 2.62. The Bertz CT molecular complexity index is 646. The molecule has 1 saturated carbocycles. The summed E-state index contributed by atoms with van der Waals surface area (Å²) in [6.45, 7) is 9.87. The molecule has 0 radical (unpaired) electrons. The minimum absolute atomic E-state index is 0.0113. The molecule has 0 aromatic heterocycles. The Kier molecular flexibility index (Phi) is 7.47. The van der Waals surface area contributed by atoms with Crippen molar-refractivity contribution in [2.24, 2.45) is 0 Å². The van der Waals surface area contributed by atoms with E-state index in [0.29, 0.717) is 32.3 Å². The predicted molar refractivity (Wildman–Crippen MR) is 109 cm³/mol. The lowest BCUT2D eigenvalue weighted by Crippen LogP contribution is -2.54. The monoisotopic (exact) mass is 390 g/mol. The van der Waals surface area contributed by atoms with E-state index in [1.807, 2.05) is 65.0 Å². The van der Waals surface area contributed by atoms with Crippen LogP contribution in [0.3, 0.4) is 0 Å². The molecule has 0 saturated heterocycles. The van der Waals surface area contributed by atoms with Crippen LogP contribution in [0.4, 0.5) is 4.79 Å². The molecule has 156 valence electrons. The molecule has 1 aromatic rings. The number of rotatable bonds is 6. The van der Waals surface area contributed by atoms with Crippen LogP contribution in [0.15, 0.2) is 30.3 Å². The third kappa shape index (κ3) is 6.23. The highest BCUT2D eigenvalue weighted by Gasteiger charge is 2.43. The normalized spacial score (nSPS) is 23.5. The van der Waals surface area contributed by atoms with Crippen LogP contribution in [-0.4, -0.2) is 35.9 Å². The first-order valence-corrected chi connectivity index (χ1v) is 10.1. The van der Waals surface area contributed by atoms with Crippen LogP contribution in [0.1, 0.15) is 71.9 Å². The second kappa shape index (κ2) is 9.41. The van der Waals surface area contributed by atoms with E-state index in [2.05, 4.69) is 10.6 Å². The molecule has 1 fully saturated rings. The molecule has 1 aliphatic carbocycles. The highest BCUT2D eigenvalue weighted by atomic mass is 16.6. The van der Waals surface area contributed by atoms with Crippen molar-refractivity contribution in [3.8, 4) is 0 Å². The highest BCUT2D eigenvalue weighted by molar-refractivity contribution is 5.85. The molecular formula is C22H34N2O4. The molecule has 2 N–H and O–H groups in total. The van der Waals surface area contributed by atoms with Crippen LogP contribution >= 0.6 is 0 Å². The molecule has 0 bridgehead atoms. The van der Waals surface area contributed by atoms with Crippen LogP contribution in [0.5, 0.6) is 0 Å². The van der Waals surface area contributed by atoms with Crippen molar-refractivity contribution in [1.82, 2.24) is 10.6 Å². The van der Waals surface area contributed by atoms with Crippen LogP contribution < -0.4 is 10.6 Å². The Hall–Kier alpha value is -2.08. The summed E-state index contributed by atoms with van der Waals surface area (Å²) in [6.07, 6.45) is 2.06. The van der Waals surface area contributed by atoms with E-state index in [-0.39, 0.29) is 18.0 Å². The van der Waals surface area contributed by atoms with Gasteiger partial charge in [-0.3, -0.25) is 4.79 Å². The van der Waals surface area contributed by atoms with Gasteiger partial charge < -0.3 is 20.1 Å². The Labute approximate surface area is 168 Å². The van der Waals surface area contributed by atoms with Gasteiger partial charge in [-0.2, -0.15) is 0 Å². The number of amides is 2. The van der Waals surface area contributed by atoms with E-state index in [1.165, 1.54) is 0 Å². The van der Waals surface area contributed by atoms with Crippen molar-refractivity contribution in [1.29, 1.82) is 0 Å². The first-order chi connectivity index (χ1) is 13.1. The summed E-state index contributed by atoms with van der Waals surface area (Å²) in [4.78, 5) is 25.1. The van der Waals surface area contributed by atoms with Crippen molar-refractivity contribution < 1.29 is 19.1 Å². The molecule has 28 heavy (non-hydrogen) atoms. The van der Waals surface area contributed by atoms with Gasteiger partial charge in [-0.15, -0.1) is 0 Å². The first kappa shape index (κ1) is 22.2. The number of benzene rings is 1. The van der Waals surface area contributed by atoms with Gasteiger partial charge in [0.2, 0.25) is 0 Å². The zero-order valence-corrected chi connectivity index (χ0v) is 17.7. The van der Waals surface area contributed by atoms with E-state index in [4.69, 9.17) is 9.47 Å². The van der Waals surface area contributed by atoms with Gasteiger partial charge in [0.05, 0.1) is 6.04 Å². The molecule has 2 amide bonds. The van der Waals surface area contributed by atoms with Crippen LogP contribution in [0.25, 0.3) is 0 Å². The van der Waals surface area contributed by atoms with Crippen LogP contribution in [-0.2, 0) is 14.3 Å². The van der Waals surface area contributed by atoms with Crippen molar-refractivity contribution in [3.05, 3.63) is 35.9 Å². The molecule has 1 aliphatic rings. The number of hydrogen-bond donors (Lipinski definition) is 2. The number of carbonyl (C=O) groups excluding carboxylic acids is 2. The van der Waals surface area contributed by atoms with Gasteiger partial charge in [-0.25, -0.2) is 4.79 Å². The van der Waals surface area contributed by atoms with Gasteiger partial charge >= 0.3 is 6.09 Å². The smallest absolute Gasteiger partial charge is 0.407 e. The Morgan fingerprint density at radius 1 is 1.18 bits per heavy atom. The van der Waals surface area contributed by atoms with Crippen LogP contribution in [0, 0.1) is 0 Å². The zero-order valence-electron chi connectivity index (χ0n) is 17.7. The van der Waals surface area contributed by atoms with Gasteiger partial charge in [0.15, 0.2) is 0 Å². The molecule has 0 aliphatic heterocycles. The second-order valence-electron chi connectivity index (χ2n) is 8.45. The molecule has 0 heterocycles. The quantitative estimate of drug-likeness (QED) is 0.766. The van der Waals surface area contributed by atoms with E-state index in [0.717, 1.165) is 5.56 Å². The summed E-state index contributed by atoms with van der Waals surface area (Å²) in [5, 5.41) is 6.01. The number of nitrogens with one attached hydrogen (secondary N) is 2. The fraction of sp³-hybridized carbons (Fsp3) is 0.636. The van der Waals surface area contributed by atoms with E-state index in [9.17, 15) is 9.59 Å². The summed E-state index contributed by atoms with van der Waals surface area (Å²) in [5.74, 6) is -0.0820. The number of carbonyl (C=O) groups is 2. The number of ether oxygens (including phenoxy) is 2. The maximum atomic E-state index is 13.1. The Morgan fingerprint density at radius 2 is 1.79 bits per heavy atom. The van der Waals surface area contributed by atoms with E-state index in [1.54, 1.807) is 0 Å². The van der Waals surface area contributed by atoms with Gasteiger partial charge in [0, 0.05) is 12.6 Å². The lowest BCUT2D eigenvalue weighted by Gasteiger charge is -2.39. The molecule has 1 aromatic carbocycles. The Balaban J connectivity index is 1.95.